The molecule has 0 aromatic carbocycles. The number of hydrogen-bond acceptors (Lipinski definition) is 1. The fourth-order valence-corrected chi connectivity index (χ4v) is 1.26. The normalized spacial score (nSPS) is 14.1. The van der Waals surface area contributed by atoms with Crippen molar-refractivity contribution >= 4 is 18.0 Å². The van der Waals surface area contributed by atoms with Crippen molar-refractivity contribution in [3.63, 3.8) is 0 Å². The molecule has 0 spiro atoms. The third-order valence-corrected chi connectivity index (χ3v) is 1.94. The van der Waals surface area contributed by atoms with Gasteiger partial charge in [-0.15, -0.1) is 0 Å². The van der Waals surface area contributed by atoms with Crippen LogP contribution in [-0.2, 0) is 0 Å². The fourth-order valence-electron chi connectivity index (χ4n) is 1.06. The minimum absolute atomic E-state index is 0.546. The number of halogens is 1. The summed E-state index contributed by atoms with van der Waals surface area (Å²) < 4.78 is 3.48. The topological polar surface area (TPSA) is 12.4 Å². The molecule has 0 bridgehead atoms. The number of unbranched alkanes of at least 4 members (excludes halogenated alkanes) is 3. The third kappa shape index (κ3) is 7.86. The van der Waals surface area contributed by atoms with Crippen LogP contribution in [0.15, 0.2) is 4.51 Å². The first-order chi connectivity index (χ1) is 5.31. The van der Waals surface area contributed by atoms with Gasteiger partial charge in [0.2, 0.25) is 0 Å². The van der Waals surface area contributed by atoms with Gasteiger partial charge in [-0.1, -0.05) is 39.5 Å². The van der Waals surface area contributed by atoms with Gasteiger partial charge < -0.3 is 0 Å². The van der Waals surface area contributed by atoms with Crippen molar-refractivity contribution in [3.05, 3.63) is 0 Å². The van der Waals surface area contributed by atoms with Crippen molar-refractivity contribution in [2.75, 3.05) is 0 Å². The Bertz CT molecular complexity index is 102. The number of rotatable bonds is 6. The summed E-state index contributed by atoms with van der Waals surface area (Å²) in [5.41, 5.74) is 0. The van der Waals surface area contributed by atoms with Crippen LogP contribution in [0.3, 0.4) is 0 Å². The summed E-state index contributed by atoms with van der Waals surface area (Å²) in [6.45, 7) is 4.38. The van der Waals surface area contributed by atoms with E-state index in [0.717, 1.165) is 0 Å². The maximum absolute atomic E-state index is 5.21. The quantitative estimate of drug-likeness (QED) is 0.430. The van der Waals surface area contributed by atoms with Crippen LogP contribution < -0.4 is 0 Å². The Morgan fingerprint density at radius 3 is 2.64 bits per heavy atom. The van der Waals surface area contributed by atoms with Gasteiger partial charge >= 0.3 is 0 Å². The molecule has 0 aliphatic heterocycles. The summed E-state index contributed by atoms with van der Waals surface area (Å²) in [4.78, 5) is 0. The average Bonchev–Trinajstić information content (AvgIpc) is 1.99. The van der Waals surface area contributed by atoms with Crippen LogP contribution >= 0.6 is 11.8 Å². The van der Waals surface area contributed by atoms with E-state index in [1.54, 1.807) is 0 Å². The highest BCUT2D eigenvalue weighted by atomic mass is 35.5. The molecular weight excluding hydrogens is 158 g/mol. The monoisotopic (exact) mass is 175 g/mol. The second-order valence-electron chi connectivity index (χ2n) is 3.07. The first-order valence-corrected chi connectivity index (χ1v) is 4.79. The second kappa shape index (κ2) is 8.06. The Morgan fingerprint density at radius 2 is 2.09 bits per heavy atom. The van der Waals surface area contributed by atoms with Crippen molar-refractivity contribution in [3.8, 4) is 0 Å². The fraction of sp³-hybridized carbons (Fsp3) is 0.889. The molecule has 0 heterocycles. The Kier molecular flexibility index (Phi) is 8.03. The Morgan fingerprint density at radius 1 is 1.36 bits per heavy atom. The van der Waals surface area contributed by atoms with E-state index in [1.807, 2.05) is 6.21 Å². The van der Waals surface area contributed by atoms with E-state index >= 15 is 0 Å². The molecule has 0 N–H and O–H groups in total. The molecule has 0 radical (unpaired) electrons. The largest absolute Gasteiger partial charge is 0.190 e. The predicted molar refractivity (Wildman–Crippen MR) is 52.3 cm³/mol. The van der Waals surface area contributed by atoms with Crippen LogP contribution in [0.2, 0.25) is 0 Å². The van der Waals surface area contributed by atoms with Gasteiger partial charge in [-0.25, -0.2) is 0 Å². The summed E-state index contributed by atoms with van der Waals surface area (Å²) in [6, 6.07) is 0. The van der Waals surface area contributed by atoms with Crippen molar-refractivity contribution in [2.45, 2.75) is 46.0 Å². The third-order valence-electron chi connectivity index (χ3n) is 1.82. The number of nitrogens with zero attached hydrogens (tertiary/aromatic N) is 1. The van der Waals surface area contributed by atoms with E-state index in [4.69, 9.17) is 11.8 Å². The van der Waals surface area contributed by atoms with E-state index < -0.39 is 0 Å². The van der Waals surface area contributed by atoms with Gasteiger partial charge in [-0.3, -0.25) is 0 Å². The number of hydrogen-bond donors (Lipinski definition) is 0. The molecular formula is C9H18ClN. The van der Waals surface area contributed by atoms with E-state index in [1.165, 1.54) is 32.1 Å². The van der Waals surface area contributed by atoms with Crippen LogP contribution in [0.4, 0.5) is 0 Å². The van der Waals surface area contributed by atoms with E-state index in [-0.39, 0.29) is 0 Å². The van der Waals surface area contributed by atoms with Gasteiger partial charge in [0.05, 0.1) is 0 Å². The zero-order valence-electron chi connectivity index (χ0n) is 7.52. The van der Waals surface area contributed by atoms with Crippen molar-refractivity contribution in [2.24, 2.45) is 10.4 Å². The highest BCUT2D eigenvalue weighted by molar-refractivity contribution is 6.17. The Hall–Kier alpha value is -0.0400. The molecule has 0 aliphatic rings. The van der Waals surface area contributed by atoms with Crippen LogP contribution in [0.1, 0.15) is 46.0 Å². The summed E-state index contributed by atoms with van der Waals surface area (Å²) in [5, 5.41) is 0. The van der Waals surface area contributed by atoms with Gasteiger partial charge in [0.1, 0.15) is 0 Å². The van der Waals surface area contributed by atoms with Crippen LogP contribution in [-0.4, -0.2) is 6.21 Å². The Labute approximate surface area is 75.0 Å². The minimum Gasteiger partial charge on any atom is -0.190 e. The average molecular weight is 176 g/mol. The van der Waals surface area contributed by atoms with Gasteiger partial charge in [0.25, 0.3) is 0 Å². The molecule has 0 aromatic heterocycles. The lowest BCUT2D eigenvalue weighted by Gasteiger charge is -2.02. The van der Waals surface area contributed by atoms with Gasteiger partial charge in [-0.05, 0) is 12.3 Å². The van der Waals surface area contributed by atoms with E-state index in [2.05, 4.69) is 18.4 Å². The molecule has 0 fully saturated rings. The first-order valence-electron chi connectivity index (χ1n) is 4.45. The lowest BCUT2D eigenvalue weighted by molar-refractivity contribution is 0.584. The predicted octanol–water partition coefficient (Wildman–Crippen LogP) is 3.82. The Balaban J connectivity index is 3.10. The van der Waals surface area contributed by atoms with Crippen molar-refractivity contribution < 1.29 is 0 Å². The molecule has 1 nitrogen and oxygen atoms in total. The van der Waals surface area contributed by atoms with Crippen molar-refractivity contribution in [1.82, 2.24) is 0 Å². The molecule has 1 unspecified atom stereocenters. The van der Waals surface area contributed by atoms with Gasteiger partial charge in [0, 0.05) is 18.0 Å². The lowest BCUT2D eigenvalue weighted by atomic mass is 10.0. The molecule has 0 aromatic rings. The summed E-state index contributed by atoms with van der Waals surface area (Å²) in [7, 11) is 0. The summed E-state index contributed by atoms with van der Waals surface area (Å²) >= 11 is 5.21. The van der Waals surface area contributed by atoms with Gasteiger partial charge in [-0.2, -0.15) is 4.51 Å². The molecule has 0 saturated heterocycles. The van der Waals surface area contributed by atoms with Crippen LogP contribution in [0.25, 0.3) is 0 Å². The van der Waals surface area contributed by atoms with E-state index in [9.17, 15) is 0 Å². The molecule has 11 heavy (non-hydrogen) atoms. The highest BCUT2D eigenvalue weighted by Crippen LogP contribution is 2.08. The zero-order chi connectivity index (χ0) is 8.53. The van der Waals surface area contributed by atoms with Crippen LogP contribution in [0, 0.1) is 5.92 Å². The van der Waals surface area contributed by atoms with Crippen LogP contribution in [0.5, 0.6) is 0 Å². The maximum atomic E-state index is 5.21. The molecule has 0 aliphatic carbocycles. The SMILES string of the molecule is CCCCCCC(C)C=NCl. The molecule has 1 atom stereocenters. The first kappa shape index (κ1) is 11.0. The zero-order valence-corrected chi connectivity index (χ0v) is 8.27. The standard InChI is InChI=1S/C9H18ClN/c1-3-4-5-6-7-9(2)8-11-10/h8-9H,3-7H2,1-2H3. The van der Waals surface area contributed by atoms with Crippen molar-refractivity contribution in [1.29, 1.82) is 0 Å². The molecule has 0 rings (SSSR count). The smallest absolute Gasteiger partial charge is 0.0361 e. The summed E-state index contributed by atoms with van der Waals surface area (Å²) in [6.07, 6.45) is 8.33. The minimum atomic E-state index is 0.546. The molecule has 0 saturated carbocycles. The van der Waals surface area contributed by atoms with E-state index in [0.29, 0.717) is 5.92 Å². The molecule has 2 heteroatoms. The summed E-state index contributed by atoms with van der Waals surface area (Å²) in [5.74, 6) is 0.546. The highest BCUT2D eigenvalue weighted by Gasteiger charge is 1.96. The molecule has 66 valence electrons. The second-order valence-corrected chi connectivity index (χ2v) is 3.27. The lowest BCUT2D eigenvalue weighted by Crippen LogP contribution is -1.94. The van der Waals surface area contributed by atoms with Gasteiger partial charge in [0.15, 0.2) is 0 Å². The molecule has 0 amide bonds. The maximum Gasteiger partial charge on any atom is 0.0361 e.